The van der Waals surface area contributed by atoms with Gasteiger partial charge < -0.3 is 0 Å². The van der Waals surface area contributed by atoms with Crippen LogP contribution in [0, 0.1) is 23.2 Å². The van der Waals surface area contributed by atoms with Gasteiger partial charge in [-0.3, -0.25) is 4.90 Å². The van der Waals surface area contributed by atoms with Crippen molar-refractivity contribution in [1.29, 1.82) is 0 Å². The van der Waals surface area contributed by atoms with Crippen molar-refractivity contribution in [3.63, 3.8) is 0 Å². The SMILES string of the molecule is CC(C)C1C2C(CN1C(C)C)C2(C)C. The van der Waals surface area contributed by atoms with E-state index >= 15 is 0 Å². The van der Waals surface area contributed by atoms with Crippen molar-refractivity contribution in [1.82, 2.24) is 4.90 Å². The maximum Gasteiger partial charge on any atom is 0.0158 e. The first-order valence-electron chi connectivity index (χ1n) is 6.13. The van der Waals surface area contributed by atoms with Gasteiger partial charge >= 0.3 is 0 Å². The Balaban J connectivity index is 2.15. The van der Waals surface area contributed by atoms with Gasteiger partial charge in [0.25, 0.3) is 0 Å². The summed E-state index contributed by atoms with van der Waals surface area (Å²) in [7, 11) is 0. The molecule has 0 aromatic carbocycles. The molecule has 0 radical (unpaired) electrons. The van der Waals surface area contributed by atoms with Crippen molar-refractivity contribution in [3.05, 3.63) is 0 Å². The van der Waals surface area contributed by atoms with E-state index in [9.17, 15) is 0 Å². The molecule has 0 spiro atoms. The van der Waals surface area contributed by atoms with E-state index in [2.05, 4.69) is 46.4 Å². The molecule has 0 aromatic heterocycles. The Morgan fingerprint density at radius 3 is 2.14 bits per heavy atom. The molecule has 1 saturated carbocycles. The molecule has 82 valence electrons. The lowest BCUT2D eigenvalue weighted by Crippen LogP contribution is -2.43. The minimum Gasteiger partial charge on any atom is -0.297 e. The Bertz CT molecular complexity index is 227. The second kappa shape index (κ2) is 2.98. The quantitative estimate of drug-likeness (QED) is 0.654. The van der Waals surface area contributed by atoms with Gasteiger partial charge in [-0.1, -0.05) is 27.7 Å². The minimum absolute atomic E-state index is 0.639. The highest BCUT2D eigenvalue weighted by atomic mass is 15.2. The van der Waals surface area contributed by atoms with Gasteiger partial charge in [-0.15, -0.1) is 0 Å². The summed E-state index contributed by atoms with van der Waals surface area (Å²) in [6, 6.07) is 1.57. The van der Waals surface area contributed by atoms with Gasteiger partial charge in [-0.2, -0.15) is 0 Å². The molecule has 1 saturated heterocycles. The van der Waals surface area contributed by atoms with Crippen LogP contribution in [0.15, 0.2) is 0 Å². The first-order valence-corrected chi connectivity index (χ1v) is 6.13. The lowest BCUT2D eigenvalue weighted by Gasteiger charge is -2.36. The molecule has 2 fully saturated rings. The van der Waals surface area contributed by atoms with E-state index < -0.39 is 0 Å². The van der Waals surface area contributed by atoms with E-state index in [4.69, 9.17) is 0 Å². The Kier molecular flexibility index (Phi) is 2.23. The summed E-state index contributed by atoms with van der Waals surface area (Å²) in [6.45, 7) is 15.7. The van der Waals surface area contributed by atoms with Gasteiger partial charge in [0.05, 0.1) is 0 Å². The second-order valence-electron chi connectivity index (χ2n) is 6.48. The van der Waals surface area contributed by atoms with Crippen molar-refractivity contribution in [2.45, 2.75) is 53.6 Å². The molecule has 0 amide bonds. The predicted molar refractivity (Wildman–Crippen MR) is 61.2 cm³/mol. The molecule has 1 heterocycles. The highest BCUT2D eigenvalue weighted by Crippen LogP contribution is 2.66. The van der Waals surface area contributed by atoms with Crippen molar-refractivity contribution in [2.75, 3.05) is 6.54 Å². The van der Waals surface area contributed by atoms with Crippen LogP contribution >= 0.6 is 0 Å². The average molecular weight is 195 g/mol. The molecule has 3 unspecified atom stereocenters. The maximum absolute atomic E-state index is 2.73. The van der Waals surface area contributed by atoms with Crippen molar-refractivity contribution >= 4 is 0 Å². The molecule has 1 nitrogen and oxygen atoms in total. The number of fused-ring (bicyclic) bond motifs is 1. The van der Waals surface area contributed by atoms with Gasteiger partial charge in [-0.05, 0) is 37.0 Å². The summed E-state index contributed by atoms with van der Waals surface area (Å²) in [4.78, 5) is 2.73. The van der Waals surface area contributed by atoms with Crippen LogP contribution in [0.3, 0.4) is 0 Å². The van der Waals surface area contributed by atoms with Gasteiger partial charge in [0.15, 0.2) is 0 Å². The van der Waals surface area contributed by atoms with E-state index in [-0.39, 0.29) is 0 Å². The highest BCUT2D eigenvalue weighted by Gasteiger charge is 2.66. The van der Waals surface area contributed by atoms with Gasteiger partial charge in [0, 0.05) is 18.6 Å². The zero-order chi connectivity index (χ0) is 10.7. The summed E-state index contributed by atoms with van der Waals surface area (Å²) in [6.07, 6.45) is 0. The third kappa shape index (κ3) is 1.25. The summed E-state index contributed by atoms with van der Waals surface area (Å²) >= 11 is 0. The van der Waals surface area contributed by atoms with Gasteiger partial charge in [0.2, 0.25) is 0 Å². The molecule has 1 aliphatic carbocycles. The predicted octanol–water partition coefficient (Wildman–Crippen LogP) is 3.01. The largest absolute Gasteiger partial charge is 0.297 e. The average Bonchev–Trinajstić information content (AvgIpc) is 2.47. The third-order valence-corrected chi connectivity index (χ3v) is 4.64. The summed E-state index contributed by atoms with van der Waals surface area (Å²) < 4.78 is 0. The van der Waals surface area contributed by atoms with E-state index in [0.29, 0.717) is 5.41 Å². The zero-order valence-corrected chi connectivity index (χ0v) is 10.5. The standard InChI is InChI=1S/C13H25N/c1-8(2)12-11-10(13(11,5)6)7-14(12)9(3)4/h8-12H,7H2,1-6H3. The molecule has 2 aliphatic rings. The molecule has 1 aliphatic heterocycles. The molecule has 14 heavy (non-hydrogen) atoms. The second-order valence-corrected chi connectivity index (χ2v) is 6.48. The van der Waals surface area contributed by atoms with E-state index in [0.717, 1.165) is 29.8 Å². The Morgan fingerprint density at radius 1 is 1.14 bits per heavy atom. The highest BCUT2D eigenvalue weighted by molar-refractivity contribution is 5.17. The van der Waals surface area contributed by atoms with Crippen molar-refractivity contribution in [3.8, 4) is 0 Å². The summed E-state index contributed by atoms with van der Waals surface area (Å²) in [5.41, 5.74) is 0.639. The lowest BCUT2D eigenvalue weighted by molar-refractivity contribution is 0.111. The Morgan fingerprint density at radius 2 is 1.71 bits per heavy atom. The summed E-state index contributed by atoms with van der Waals surface area (Å²) in [5, 5.41) is 0. The normalized spacial score (nSPS) is 40.7. The molecular formula is C13H25N. The number of hydrogen-bond donors (Lipinski definition) is 0. The first kappa shape index (κ1) is 10.5. The van der Waals surface area contributed by atoms with Crippen molar-refractivity contribution in [2.24, 2.45) is 23.2 Å². The maximum atomic E-state index is 2.73. The van der Waals surface area contributed by atoms with Crippen LogP contribution in [-0.2, 0) is 0 Å². The van der Waals surface area contributed by atoms with Gasteiger partial charge in [0.1, 0.15) is 0 Å². The number of nitrogens with zero attached hydrogens (tertiary/aromatic N) is 1. The monoisotopic (exact) mass is 195 g/mol. The molecule has 2 rings (SSSR count). The van der Waals surface area contributed by atoms with Gasteiger partial charge in [-0.25, -0.2) is 0 Å². The number of hydrogen-bond acceptors (Lipinski definition) is 1. The minimum atomic E-state index is 0.639. The Labute approximate surface area is 88.9 Å². The number of piperidine rings is 1. The zero-order valence-electron chi connectivity index (χ0n) is 10.5. The van der Waals surface area contributed by atoms with Crippen LogP contribution in [0.4, 0.5) is 0 Å². The first-order chi connectivity index (χ1) is 6.37. The van der Waals surface area contributed by atoms with E-state index in [1.54, 1.807) is 0 Å². The van der Waals surface area contributed by atoms with Crippen LogP contribution in [0.1, 0.15) is 41.5 Å². The lowest BCUT2D eigenvalue weighted by atomic mass is 9.92. The van der Waals surface area contributed by atoms with Crippen LogP contribution in [0.5, 0.6) is 0 Å². The fraction of sp³-hybridized carbons (Fsp3) is 1.00. The Hall–Kier alpha value is -0.0400. The van der Waals surface area contributed by atoms with E-state index in [1.807, 2.05) is 0 Å². The smallest absolute Gasteiger partial charge is 0.0158 e. The molecule has 0 N–H and O–H groups in total. The molecule has 0 aromatic rings. The topological polar surface area (TPSA) is 3.24 Å². The van der Waals surface area contributed by atoms with Crippen LogP contribution in [0.25, 0.3) is 0 Å². The fourth-order valence-electron chi connectivity index (χ4n) is 3.72. The number of likely N-dealkylation sites (tertiary alicyclic amines) is 1. The number of rotatable bonds is 2. The third-order valence-electron chi connectivity index (χ3n) is 4.64. The molecule has 0 bridgehead atoms. The van der Waals surface area contributed by atoms with Crippen LogP contribution in [-0.4, -0.2) is 23.5 Å². The van der Waals surface area contributed by atoms with Crippen LogP contribution < -0.4 is 0 Å². The summed E-state index contributed by atoms with van der Waals surface area (Å²) in [5.74, 6) is 2.77. The van der Waals surface area contributed by atoms with E-state index in [1.165, 1.54) is 6.54 Å². The molecular weight excluding hydrogens is 170 g/mol. The van der Waals surface area contributed by atoms with Crippen LogP contribution in [0.2, 0.25) is 0 Å². The molecule has 3 atom stereocenters. The molecule has 1 heteroatoms. The van der Waals surface area contributed by atoms with Crippen molar-refractivity contribution < 1.29 is 0 Å². The fourth-order valence-corrected chi connectivity index (χ4v) is 3.72.